The summed E-state index contributed by atoms with van der Waals surface area (Å²) in [7, 11) is 0. The molecule has 98 valence electrons. The van der Waals surface area contributed by atoms with Gasteiger partial charge < -0.3 is 15.8 Å². The Morgan fingerprint density at radius 2 is 2.22 bits per heavy atom. The molecule has 1 heterocycles. The van der Waals surface area contributed by atoms with E-state index in [4.69, 9.17) is 10.5 Å². The number of hydrogen-bond donors (Lipinski definition) is 2. The lowest BCUT2D eigenvalue weighted by Crippen LogP contribution is -2.27. The fourth-order valence-electron chi connectivity index (χ4n) is 1.99. The second-order valence-corrected chi connectivity index (χ2v) is 5.54. The average Bonchev–Trinajstić information content (AvgIpc) is 2.73. The number of anilines is 2. The molecule has 0 aliphatic carbocycles. The van der Waals surface area contributed by atoms with Gasteiger partial charge in [-0.3, -0.25) is 4.79 Å². The van der Waals surface area contributed by atoms with Crippen molar-refractivity contribution in [2.24, 2.45) is 0 Å². The molecule has 1 aromatic carbocycles. The van der Waals surface area contributed by atoms with Crippen LogP contribution >= 0.6 is 15.9 Å². The summed E-state index contributed by atoms with van der Waals surface area (Å²) in [4.78, 5) is 12.0. The van der Waals surface area contributed by atoms with Crippen molar-refractivity contribution >= 4 is 33.2 Å². The third-order valence-electron chi connectivity index (χ3n) is 3.14. The van der Waals surface area contributed by atoms with Crippen molar-refractivity contribution in [2.45, 2.75) is 38.9 Å². The predicted molar refractivity (Wildman–Crippen MR) is 75.5 cm³/mol. The Morgan fingerprint density at radius 3 is 2.83 bits per heavy atom. The van der Waals surface area contributed by atoms with Crippen LogP contribution in [0.2, 0.25) is 0 Å². The van der Waals surface area contributed by atoms with Gasteiger partial charge in [0.15, 0.2) is 0 Å². The highest BCUT2D eigenvalue weighted by molar-refractivity contribution is 9.10. The van der Waals surface area contributed by atoms with E-state index in [1.165, 1.54) is 0 Å². The molecular weight excluding hydrogens is 296 g/mol. The van der Waals surface area contributed by atoms with Crippen molar-refractivity contribution in [3.63, 3.8) is 0 Å². The van der Waals surface area contributed by atoms with Crippen LogP contribution in [0.5, 0.6) is 0 Å². The molecule has 0 saturated carbocycles. The Balaban J connectivity index is 2.09. The Kier molecular flexibility index (Phi) is 3.92. The Morgan fingerprint density at radius 1 is 1.50 bits per heavy atom. The normalized spacial score (nSPS) is 23.1. The zero-order valence-corrected chi connectivity index (χ0v) is 12.1. The number of ether oxygens (including phenoxy) is 1. The molecule has 2 atom stereocenters. The van der Waals surface area contributed by atoms with E-state index in [9.17, 15) is 4.79 Å². The lowest BCUT2D eigenvalue weighted by molar-refractivity contribution is -0.126. The molecule has 2 unspecified atom stereocenters. The minimum Gasteiger partial charge on any atom is -0.398 e. The van der Waals surface area contributed by atoms with Crippen LogP contribution in [0.15, 0.2) is 16.6 Å². The van der Waals surface area contributed by atoms with Crippen LogP contribution in [-0.4, -0.2) is 18.1 Å². The molecule has 1 amide bonds. The summed E-state index contributed by atoms with van der Waals surface area (Å²) in [6.07, 6.45) is 1.50. The molecule has 1 saturated heterocycles. The van der Waals surface area contributed by atoms with Gasteiger partial charge in [-0.05, 0) is 60.3 Å². The van der Waals surface area contributed by atoms with Gasteiger partial charge in [-0.1, -0.05) is 0 Å². The van der Waals surface area contributed by atoms with Crippen molar-refractivity contribution in [2.75, 3.05) is 11.1 Å². The number of benzene rings is 1. The van der Waals surface area contributed by atoms with Crippen LogP contribution in [-0.2, 0) is 9.53 Å². The van der Waals surface area contributed by atoms with Crippen LogP contribution in [0, 0.1) is 6.92 Å². The summed E-state index contributed by atoms with van der Waals surface area (Å²) in [6.45, 7) is 3.90. The maximum atomic E-state index is 12.0. The van der Waals surface area contributed by atoms with Crippen molar-refractivity contribution in [3.8, 4) is 0 Å². The molecule has 1 fully saturated rings. The van der Waals surface area contributed by atoms with E-state index in [2.05, 4.69) is 21.2 Å². The summed E-state index contributed by atoms with van der Waals surface area (Å²) < 4.78 is 6.36. The lowest BCUT2D eigenvalue weighted by atomic mass is 10.1. The van der Waals surface area contributed by atoms with Gasteiger partial charge in [0.05, 0.1) is 11.8 Å². The number of nitrogen functional groups attached to an aromatic ring is 1. The molecule has 0 radical (unpaired) electrons. The van der Waals surface area contributed by atoms with Crippen LogP contribution in [0.3, 0.4) is 0 Å². The fourth-order valence-corrected chi connectivity index (χ4v) is 2.55. The predicted octanol–water partition coefficient (Wildman–Crippen LogP) is 2.85. The van der Waals surface area contributed by atoms with Crippen LogP contribution < -0.4 is 11.1 Å². The van der Waals surface area contributed by atoms with Crippen molar-refractivity contribution in [3.05, 3.63) is 22.2 Å². The van der Waals surface area contributed by atoms with Crippen molar-refractivity contribution < 1.29 is 9.53 Å². The molecule has 4 nitrogen and oxygen atoms in total. The van der Waals surface area contributed by atoms with Crippen LogP contribution in [0.25, 0.3) is 0 Å². The highest BCUT2D eigenvalue weighted by Crippen LogP contribution is 2.29. The molecule has 1 aliphatic heterocycles. The molecule has 0 aromatic heterocycles. The third kappa shape index (κ3) is 2.84. The van der Waals surface area contributed by atoms with Crippen LogP contribution in [0.4, 0.5) is 11.4 Å². The highest BCUT2D eigenvalue weighted by Gasteiger charge is 2.28. The van der Waals surface area contributed by atoms with Gasteiger partial charge in [0.2, 0.25) is 0 Å². The zero-order chi connectivity index (χ0) is 13.3. The quantitative estimate of drug-likeness (QED) is 0.825. The Hall–Kier alpha value is -1.07. The molecule has 0 bridgehead atoms. The van der Waals surface area contributed by atoms with E-state index in [0.29, 0.717) is 11.4 Å². The topological polar surface area (TPSA) is 64.3 Å². The Bertz CT molecular complexity index is 476. The number of rotatable bonds is 2. The first-order valence-corrected chi connectivity index (χ1v) is 6.78. The van der Waals surface area contributed by atoms with Gasteiger partial charge in [-0.15, -0.1) is 0 Å². The second kappa shape index (κ2) is 5.28. The molecule has 1 aliphatic rings. The molecule has 2 rings (SSSR count). The van der Waals surface area contributed by atoms with Gasteiger partial charge in [-0.2, -0.15) is 0 Å². The maximum absolute atomic E-state index is 12.0. The number of nitrogens with two attached hydrogens (primary N) is 1. The first kappa shape index (κ1) is 13.4. The summed E-state index contributed by atoms with van der Waals surface area (Å²) in [5, 5.41) is 2.85. The van der Waals surface area contributed by atoms with E-state index in [1.807, 2.05) is 19.9 Å². The number of amides is 1. The molecular formula is C13H17BrN2O2. The van der Waals surface area contributed by atoms with Crippen molar-refractivity contribution in [1.82, 2.24) is 0 Å². The number of halogens is 1. The highest BCUT2D eigenvalue weighted by atomic mass is 79.9. The summed E-state index contributed by atoms with van der Waals surface area (Å²) >= 11 is 3.42. The molecule has 18 heavy (non-hydrogen) atoms. The van der Waals surface area contributed by atoms with Crippen molar-refractivity contribution in [1.29, 1.82) is 0 Å². The molecule has 5 heteroatoms. The number of carbonyl (C=O) groups is 1. The largest absolute Gasteiger partial charge is 0.398 e. The first-order chi connectivity index (χ1) is 8.47. The third-order valence-corrected chi connectivity index (χ3v) is 3.79. The Labute approximate surface area is 115 Å². The minimum atomic E-state index is -0.352. The molecule has 3 N–H and O–H groups in total. The van der Waals surface area contributed by atoms with E-state index in [0.717, 1.165) is 22.9 Å². The maximum Gasteiger partial charge on any atom is 0.253 e. The fraction of sp³-hybridized carbons (Fsp3) is 0.462. The summed E-state index contributed by atoms with van der Waals surface area (Å²) in [6, 6.07) is 3.65. The second-order valence-electron chi connectivity index (χ2n) is 4.69. The number of hydrogen-bond acceptors (Lipinski definition) is 3. The first-order valence-electron chi connectivity index (χ1n) is 5.99. The van der Waals surface area contributed by atoms with E-state index in [-0.39, 0.29) is 18.1 Å². The molecule has 1 aromatic rings. The van der Waals surface area contributed by atoms with E-state index in [1.54, 1.807) is 6.07 Å². The summed E-state index contributed by atoms with van der Waals surface area (Å²) in [5.41, 5.74) is 8.16. The number of carbonyl (C=O) groups excluding carboxylic acids is 1. The standard InChI is InChI=1S/C13H17BrN2O2/c1-7-5-9(14)11(6-10(7)15)16-13(17)12-4-3-8(2)18-12/h5-6,8,12H,3-4,15H2,1-2H3,(H,16,17). The van der Waals surface area contributed by atoms with Gasteiger partial charge in [0.25, 0.3) is 5.91 Å². The van der Waals surface area contributed by atoms with Gasteiger partial charge in [0.1, 0.15) is 6.10 Å². The minimum absolute atomic E-state index is 0.108. The average molecular weight is 313 g/mol. The van der Waals surface area contributed by atoms with Gasteiger partial charge >= 0.3 is 0 Å². The lowest BCUT2D eigenvalue weighted by Gasteiger charge is -2.14. The molecule has 0 spiro atoms. The van der Waals surface area contributed by atoms with Crippen LogP contribution in [0.1, 0.15) is 25.3 Å². The smallest absolute Gasteiger partial charge is 0.253 e. The zero-order valence-electron chi connectivity index (χ0n) is 10.5. The van der Waals surface area contributed by atoms with E-state index >= 15 is 0 Å². The SMILES string of the molecule is Cc1cc(Br)c(NC(=O)C2CCC(C)O2)cc1N. The van der Waals surface area contributed by atoms with E-state index < -0.39 is 0 Å². The monoisotopic (exact) mass is 312 g/mol. The van der Waals surface area contributed by atoms with Gasteiger partial charge in [-0.25, -0.2) is 0 Å². The summed E-state index contributed by atoms with van der Waals surface area (Å²) in [5.74, 6) is -0.108. The van der Waals surface area contributed by atoms with Gasteiger partial charge in [0, 0.05) is 10.2 Å². The number of nitrogens with one attached hydrogen (secondary N) is 1. The number of aryl methyl sites for hydroxylation is 1.